The molecule has 1 heterocycles. The van der Waals surface area contributed by atoms with Crippen molar-refractivity contribution in [3.8, 4) is 11.3 Å². The van der Waals surface area contributed by atoms with E-state index >= 15 is 0 Å². The molecule has 94 valence electrons. The minimum absolute atomic E-state index is 1.00. The van der Waals surface area contributed by atoms with Crippen LogP contribution < -0.4 is 5.32 Å². The van der Waals surface area contributed by atoms with Crippen molar-refractivity contribution < 1.29 is 0 Å². The second-order valence-corrected chi connectivity index (χ2v) is 6.07. The van der Waals surface area contributed by atoms with Gasteiger partial charge in [-0.1, -0.05) is 12.1 Å². The molecule has 1 aromatic heterocycles. The van der Waals surface area contributed by atoms with Gasteiger partial charge < -0.3 is 5.32 Å². The van der Waals surface area contributed by atoms with Crippen LogP contribution in [-0.2, 0) is 12.8 Å². The van der Waals surface area contributed by atoms with Crippen molar-refractivity contribution in [2.45, 2.75) is 32.6 Å². The molecule has 1 aromatic carbocycles. The normalized spacial score (nSPS) is 14.3. The summed E-state index contributed by atoms with van der Waals surface area (Å²) in [5.74, 6) is 0. The molecular formula is C15H18N2S. The fourth-order valence-electron chi connectivity index (χ4n) is 2.65. The molecule has 0 bridgehead atoms. The van der Waals surface area contributed by atoms with E-state index in [0.717, 1.165) is 10.8 Å². The number of aryl methyl sites for hydroxylation is 3. The molecule has 0 aliphatic heterocycles. The van der Waals surface area contributed by atoms with Crippen molar-refractivity contribution in [1.29, 1.82) is 0 Å². The van der Waals surface area contributed by atoms with Gasteiger partial charge in [0.2, 0.25) is 0 Å². The summed E-state index contributed by atoms with van der Waals surface area (Å²) in [6, 6.07) is 6.86. The lowest BCUT2D eigenvalue weighted by Gasteiger charge is -2.16. The van der Waals surface area contributed by atoms with Gasteiger partial charge >= 0.3 is 0 Å². The molecule has 0 radical (unpaired) electrons. The summed E-state index contributed by atoms with van der Waals surface area (Å²) >= 11 is 1.72. The smallest absolute Gasteiger partial charge is 0.183 e. The Morgan fingerprint density at radius 3 is 2.67 bits per heavy atom. The van der Waals surface area contributed by atoms with E-state index in [0.29, 0.717) is 0 Å². The van der Waals surface area contributed by atoms with E-state index in [1.54, 1.807) is 11.3 Å². The number of rotatable bonds is 2. The van der Waals surface area contributed by atoms with Crippen molar-refractivity contribution in [3.63, 3.8) is 0 Å². The quantitative estimate of drug-likeness (QED) is 0.879. The van der Waals surface area contributed by atoms with Crippen LogP contribution in [0.2, 0.25) is 0 Å². The van der Waals surface area contributed by atoms with Gasteiger partial charge in [0.25, 0.3) is 0 Å². The highest BCUT2D eigenvalue weighted by molar-refractivity contribution is 7.15. The van der Waals surface area contributed by atoms with Gasteiger partial charge in [0.05, 0.1) is 5.69 Å². The maximum Gasteiger partial charge on any atom is 0.183 e. The lowest BCUT2D eigenvalue weighted by atomic mass is 9.90. The van der Waals surface area contributed by atoms with E-state index in [1.807, 2.05) is 7.05 Å². The molecule has 18 heavy (non-hydrogen) atoms. The number of hydrogen-bond acceptors (Lipinski definition) is 3. The fraction of sp³-hybridized carbons (Fsp3) is 0.400. The SMILES string of the molecule is CNc1nc(-c2ccc3c(c2)CCCC3)c(C)s1. The Balaban J connectivity index is 2.03. The summed E-state index contributed by atoms with van der Waals surface area (Å²) in [5.41, 5.74) is 5.47. The van der Waals surface area contributed by atoms with Crippen LogP contribution in [0, 0.1) is 6.92 Å². The van der Waals surface area contributed by atoms with Crippen LogP contribution in [0.1, 0.15) is 28.8 Å². The standard InChI is InChI=1S/C15H18N2S/c1-10-14(17-15(16-2)18-10)13-8-7-11-5-3-4-6-12(11)9-13/h7-9H,3-6H2,1-2H3,(H,16,17). The first kappa shape index (κ1) is 11.7. The van der Waals surface area contributed by atoms with Crippen LogP contribution in [0.15, 0.2) is 18.2 Å². The summed E-state index contributed by atoms with van der Waals surface area (Å²) in [4.78, 5) is 5.94. The molecule has 2 nitrogen and oxygen atoms in total. The predicted octanol–water partition coefficient (Wildman–Crippen LogP) is 4.04. The maximum atomic E-state index is 4.65. The third kappa shape index (κ3) is 2.03. The molecule has 0 amide bonds. The number of benzene rings is 1. The highest BCUT2D eigenvalue weighted by atomic mass is 32.1. The van der Waals surface area contributed by atoms with Crippen molar-refractivity contribution in [3.05, 3.63) is 34.2 Å². The number of anilines is 1. The van der Waals surface area contributed by atoms with Gasteiger partial charge in [-0.2, -0.15) is 0 Å². The van der Waals surface area contributed by atoms with Gasteiger partial charge in [-0.05, 0) is 49.8 Å². The Hall–Kier alpha value is -1.35. The molecule has 0 fully saturated rings. The average Bonchev–Trinajstić information content (AvgIpc) is 2.79. The molecule has 2 aromatic rings. The highest BCUT2D eigenvalue weighted by Crippen LogP contribution is 2.32. The lowest BCUT2D eigenvalue weighted by molar-refractivity contribution is 0.686. The minimum atomic E-state index is 1.00. The molecule has 0 unspecified atom stereocenters. The van der Waals surface area contributed by atoms with Gasteiger partial charge in [0.15, 0.2) is 5.13 Å². The summed E-state index contributed by atoms with van der Waals surface area (Å²) in [6.45, 7) is 2.15. The monoisotopic (exact) mass is 258 g/mol. The second-order valence-electron chi connectivity index (χ2n) is 4.86. The molecule has 0 saturated carbocycles. The highest BCUT2D eigenvalue weighted by Gasteiger charge is 2.13. The zero-order valence-corrected chi connectivity index (χ0v) is 11.7. The van der Waals surface area contributed by atoms with E-state index < -0.39 is 0 Å². The van der Waals surface area contributed by atoms with E-state index in [9.17, 15) is 0 Å². The van der Waals surface area contributed by atoms with E-state index in [-0.39, 0.29) is 0 Å². The number of hydrogen-bond donors (Lipinski definition) is 1. The number of nitrogens with zero attached hydrogens (tertiary/aromatic N) is 1. The number of thiazole rings is 1. The Kier molecular flexibility index (Phi) is 3.08. The minimum Gasteiger partial charge on any atom is -0.365 e. The summed E-state index contributed by atoms with van der Waals surface area (Å²) in [5, 5.41) is 4.13. The molecule has 1 aliphatic carbocycles. The number of fused-ring (bicyclic) bond motifs is 1. The molecule has 0 spiro atoms. The molecule has 3 heteroatoms. The topological polar surface area (TPSA) is 24.9 Å². The second kappa shape index (κ2) is 4.73. The first-order valence-electron chi connectivity index (χ1n) is 6.55. The van der Waals surface area contributed by atoms with E-state index in [2.05, 4.69) is 35.4 Å². The van der Waals surface area contributed by atoms with Crippen molar-refractivity contribution in [2.75, 3.05) is 12.4 Å². The van der Waals surface area contributed by atoms with Gasteiger partial charge in [-0.15, -0.1) is 11.3 Å². The summed E-state index contributed by atoms with van der Waals surface area (Å²) in [6.07, 6.45) is 5.14. The summed E-state index contributed by atoms with van der Waals surface area (Å²) in [7, 11) is 1.93. The molecule has 0 saturated heterocycles. The number of aromatic nitrogens is 1. The van der Waals surface area contributed by atoms with Crippen LogP contribution in [0.25, 0.3) is 11.3 Å². The Labute approximate surface area is 112 Å². The van der Waals surface area contributed by atoms with Crippen LogP contribution >= 0.6 is 11.3 Å². The fourth-order valence-corrected chi connectivity index (χ4v) is 3.44. The van der Waals surface area contributed by atoms with Crippen molar-refractivity contribution >= 4 is 16.5 Å². The molecule has 1 aliphatic rings. The molecule has 1 N–H and O–H groups in total. The first-order valence-corrected chi connectivity index (χ1v) is 7.37. The van der Waals surface area contributed by atoms with Crippen molar-refractivity contribution in [1.82, 2.24) is 4.98 Å². The zero-order valence-electron chi connectivity index (χ0n) is 10.9. The van der Waals surface area contributed by atoms with Crippen molar-refractivity contribution in [2.24, 2.45) is 0 Å². The predicted molar refractivity (Wildman–Crippen MR) is 78.5 cm³/mol. The van der Waals surface area contributed by atoms with E-state index in [4.69, 9.17) is 0 Å². The van der Waals surface area contributed by atoms with Crippen LogP contribution in [0.3, 0.4) is 0 Å². The van der Waals surface area contributed by atoms with Crippen LogP contribution in [-0.4, -0.2) is 12.0 Å². The van der Waals surface area contributed by atoms with Gasteiger partial charge in [0, 0.05) is 17.5 Å². The van der Waals surface area contributed by atoms with Crippen LogP contribution in [0.5, 0.6) is 0 Å². The molecular weight excluding hydrogens is 240 g/mol. The third-order valence-corrected chi connectivity index (χ3v) is 4.62. The maximum absolute atomic E-state index is 4.65. The van der Waals surface area contributed by atoms with Gasteiger partial charge in [0.1, 0.15) is 0 Å². The average molecular weight is 258 g/mol. The molecule has 0 atom stereocenters. The van der Waals surface area contributed by atoms with Gasteiger partial charge in [-0.3, -0.25) is 0 Å². The Morgan fingerprint density at radius 1 is 1.17 bits per heavy atom. The Morgan fingerprint density at radius 2 is 1.94 bits per heavy atom. The number of nitrogens with one attached hydrogen (secondary N) is 1. The largest absolute Gasteiger partial charge is 0.365 e. The van der Waals surface area contributed by atoms with Crippen LogP contribution in [0.4, 0.5) is 5.13 Å². The summed E-state index contributed by atoms with van der Waals surface area (Å²) < 4.78 is 0. The Bertz CT molecular complexity index is 572. The van der Waals surface area contributed by atoms with Gasteiger partial charge in [-0.25, -0.2) is 4.98 Å². The molecule has 3 rings (SSSR count). The zero-order chi connectivity index (χ0) is 12.5. The third-order valence-electron chi connectivity index (χ3n) is 3.63. The van der Waals surface area contributed by atoms with E-state index in [1.165, 1.54) is 47.3 Å². The first-order chi connectivity index (χ1) is 8.78. The lowest BCUT2D eigenvalue weighted by Crippen LogP contribution is -2.02.